The fourth-order valence-corrected chi connectivity index (χ4v) is 4.73. The van der Waals surface area contributed by atoms with Gasteiger partial charge in [0.05, 0.1) is 35.9 Å². The van der Waals surface area contributed by atoms with Crippen LogP contribution in [-0.2, 0) is 9.53 Å². The Bertz CT molecular complexity index is 895. The third-order valence-electron chi connectivity index (χ3n) is 5.15. The van der Waals surface area contributed by atoms with Crippen molar-refractivity contribution in [3.05, 3.63) is 41.1 Å². The normalized spacial score (nSPS) is 20.3. The number of ether oxygens (including phenoxy) is 1. The molecule has 2 amide bonds. The van der Waals surface area contributed by atoms with E-state index in [2.05, 4.69) is 4.98 Å². The Kier molecular flexibility index (Phi) is 5.06. The van der Waals surface area contributed by atoms with E-state index in [-0.39, 0.29) is 11.8 Å². The molecule has 2 aliphatic heterocycles. The number of hydrogen-bond acceptors (Lipinski definition) is 5. The van der Waals surface area contributed by atoms with Gasteiger partial charge in [-0.05, 0) is 31.5 Å². The Hall–Kier alpha value is -2.12. The summed E-state index contributed by atoms with van der Waals surface area (Å²) < 4.78 is 5.33. The lowest BCUT2D eigenvalue weighted by Gasteiger charge is -2.32. The van der Waals surface area contributed by atoms with Crippen molar-refractivity contribution >= 4 is 34.5 Å². The van der Waals surface area contributed by atoms with Crippen molar-refractivity contribution in [1.82, 2.24) is 14.8 Å². The standard InChI is InChI=1S/C20H23N3O3S/c1-13-3-4-15-10-16(14(2)21-17(15)9-13)19(24)23-12-27-11-18(23)20(25)22-5-7-26-8-6-22/h3-4,9-10,18H,5-8,11-12H2,1-2H3. The first kappa shape index (κ1) is 18.3. The Morgan fingerprint density at radius 1 is 1.19 bits per heavy atom. The van der Waals surface area contributed by atoms with Crippen molar-refractivity contribution in [3.63, 3.8) is 0 Å². The molecule has 2 aliphatic rings. The van der Waals surface area contributed by atoms with Gasteiger partial charge >= 0.3 is 0 Å². The lowest BCUT2D eigenvalue weighted by molar-refractivity contribution is -0.138. The number of aromatic nitrogens is 1. The zero-order valence-electron chi connectivity index (χ0n) is 15.6. The van der Waals surface area contributed by atoms with Crippen LogP contribution >= 0.6 is 11.8 Å². The molecule has 1 unspecified atom stereocenters. The number of carbonyl (C=O) groups excluding carboxylic acids is 2. The summed E-state index contributed by atoms with van der Waals surface area (Å²) in [4.78, 5) is 34.3. The van der Waals surface area contributed by atoms with Crippen molar-refractivity contribution in [1.29, 1.82) is 0 Å². The quantitative estimate of drug-likeness (QED) is 0.793. The number of carbonyl (C=O) groups is 2. The predicted molar refractivity (Wildman–Crippen MR) is 106 cm³/mol. The van der Waals surface area contributed by atoms with E-state index in [1.165, 1.54) is 0 Å². The third kappa shape index (κ3) is 3.53. The molecule has 4 rings (SSSR count). The van der Waals surface area contributed by atoms with Crippen molar-refractivity contribution < 1.29 is 14.3 Å². The molecule has 0 radical (unpaired) electrons. The molecule has 1 aromatic heterocycles. The fourth-order valence-electron chi connectivity index (χ4n) is 3.59. The molecule has 0 saturated carbocycles. The van der Waals surface area contributed by atoms with Gasteiger partial charge in [-0.1, -0.05) is 12.1 Å². The molecular weight excluding hydrogens is 362 g/mol. The van der Waals surface area contributed by atoms with Crippen LogP contribution in [-0.4, -0.2) is 70.6 Å². The smallest absolute Gasteiger partial charge is 0.257 e. The van der Waals surface area contributed by atoms with Gasteiger partial charge in [0.1, 0.15) is 6.04 Å². The van der Waals surface area contributed by atoms with Crippen LogP contribution in [0.3, 0.4) is 0 Å². The molecule has 6 nitrogen and oxygen atoms in total. The minimum absolute atomic E-state index is 0.0266. The summed E-state index contributed by atoms with van der Waals surface area (Å²) in [5.74, 6) is 1.09. The van der Waals surface area contributed by atoms with Gasteiger partial charge in [-0.2, -0.15) is 0 Å². The van der Waals surface area contributed by atoms with E-state index in [9.17, 15) is 9.59 Å². The molecule has 3 heterocycles. The van der Waals surface area contributed by atoms with Gasteiger partial charge in [0.2, 0.25) is 5.91 Å². The number of aryl methyl sites for hydroxylation is 2. The fraction of sp³-hybridized carbons (Fsp3) is 0.450. The number of rotatable bonds is 2. The monoisotopic (exact) mass is 385 g/mol. The van der Waals surface area contributed by atoms with Gasteiger partial charge in [-0.15, -0.1) is 11.8 Å². The van der Waals surface area contributed by atoms with Crippen LogP contribution in [0.1, 0.15) is 21.6 Å². The molecule has 27 heavy (non-hydrogen) atoms. The highest BCUT2D eigenvalue weighted by molar-refractivity contribution is 7.99. The van der Waals surface area contributed by atoms with Crippen LogP contribution in [0.5, 0.6) is 0 Å². The first-order chi connectivity index (χ1) is 13.0. The molecule has 2 saturated heterocycles. The van der Waals surface area contributed by atoms with Gasteiger partial charge in [-0.3, -0.25) is 14.6 Å². The molecule has 1 atom stereocenters. The van der Waals surface area contributed by atoms with Crippen molar-refractivity contribution in [2.45, 2.75) is 19.9 Å². The molecule has 0 N–H and O–H groups in total. The molecule has 0 spiro atoms. The average Bonchev–Trinajstić information content (AvgIpc) is 3.16. The lowest BCUT2D eigenvalue weighted by atomic mass is 10.1. The van der Waals surface area contributed by atoms with E-state index in [0.29, 0.717) is 49.2 Å². The minimum atomic E-state index is -0.409. The number of thioether (sulfide) groups is 1. The highest BCUT2D eigenvalue weighted by Gasteiger charge is 2.38. The van der Waals surface area contributed by atoms with Gasteiger partial charge in [-0.25, -0.2) is 0 Å². The first-order valence-corrected chi connectivity index (χ1v) is 10.3. The maximum absolute atomic E-state index is 13.3. The van der Waals surface area contributed by atoms with Crippen molar-refractivity contribution in [3.8, 4) is 0 Å². The Balaban J connectivity index is 1.61. The number of fused-ring (bicyclic) bond motifs is 1. The van der Waals surface area contributed by atoms with Gasteiger partial charge in [0.25, 0.3) is 5.91 Å². The van der Waals surface area contributed by atoms with E-state index < -0.39 is 6.04 Å². The molecule has 0 bridgehead atoms. The lowest BCUT2D eigenvalue weighted by Crippen LogP contribution is -2.52. The Labute approximate surface area is 162 Å². The summed E-state index contributed by atoms with van der Waals surface area (Å²) in [6, 6.07) is 7.52. The van der Waals surface area contributed by atoms with Crippen LogP contribution in [0.4, 0.5) is 0 Å². The maximum Gasteiger partial charge on any atom is 0.257 e. The molecule has 0 aliphatic carbocycles. The van der Waals surface area contributed by atoms with Crippen LogP contribution < -0.4 is 0 Å². The summed E-state index contributed by atoms with van der Waals surface area (Å²) >= 11 is 1.62. The SMILES string of the molecule is Cc1ccc2cc(C(=O)N3CSCC3C(=O)N3CCOCC3)c(C)nc2c1. The van der Waals surface area contributed by atoms with Crippen LogP contribution in [0.25, 0.3) is 10.9 Å². The summed E-state index contributed by atoms with van der Waals surface area (Å²) in [5, 5.41) is 0.942. The summed E-state index contributed by atoms with van der Waals surface area (Å²) in [7, 11) is 0. The number of hydrogen-bond donors (Lipinski definition) is 0. The number of morpholine rings is 1. The van der Waals surface area contributed by atoms with Crippen LogP contribution in [0, 0.1) is 13.8 Å². The topological polar surface area (TPSA) is 62.7 Å². The van der Waals surface area contributed by atoms with E-state index in [0.717, 1.165) is 16.5 Å². The van der Waals surface area contributed by atoms with E-state index >= 15 is 0 Å². The second-order valence-corrected chi connectivity index (χ2v) is 8.05. The van der Waals surface area contributed by atoms with Crippen molar-refractivity contribution in [2.75, 3.05) is 37.9 Å². The van der Waals surface area contributed by atoms with E-state index in [1.807, 2.05) is 43.0 Å². The number of nitrogens with zero attached hydrogens (tertiary/aromatic N) is 3. The molecule has 2 aromatic rings. The van der Waals surface area contributed by atoms with Gasteiger partial charge < -0.3 is 14.5 Å². The summed E-state index contributed by atoms with van der Waals surface area (Å²) in [5.41, 5.74) is 3.31. The summed E-state index contributed by atoms with van der Waals surface area (Å²) in [6.45, 7) is 6.20. The number of amides is 2. The Morgan fingerprint density at radius 2 is 1.96 bits per heavy atom. The highest BCUT2D eigenvalue weighted by atomic mass is 32.2. The average molecular weight is 385 g/mol. The van der Waals surface area contributed by atoms with E-state index in [1.54, 1.807) is 16.7 Å². The Morgan fingerprint density at radius 3 is 2.74 bits per heavy atom. The second kappa shape index (κ2) is 7.48. The highest BCUT2D eigenvalue weighted by Crippen LogP contribution is 2.27. The van der Waals surface area contributed by atoms with E-state index in [4.69, 9.17) is 4.74 Å². The first-order valence-electron chi connectivity index (χ1n) is 9.18. The maximum atomic E-state index is 13.3. The second-order valence-electron chi connectivity index (χ2n) is 7.05. The number of pyridine rings is 1. The largest absolute Gasteiger partial charge is 0.378 e. The van der Waals surface area contributed by atoms with Gasteiger partial charge in [0, 0.05) is 24.2 Å². The van der Waals surface area contributed by atoms with Gasteiger partial charge in [0.15, 0.2) is 0 Å². The predicted octanol–water partition coefficient (Wildman–Crippen LogP) is 2.23. The third-order valence-corrected chi connectivity index (χ3v) is 6.16. The summed E-state index contributed by atoms with van der Waals surface area (Å²) in [6.07, 6.45) is 0. The molecule has 2 fully saturated rings. The van der Waals surface area contributed by atoms with Crippen LogP contribution in [0.15, 0.2) is 24.3 Å². The molecule has 7 heteroatoms. The van der Waals surface area contributed by atoms with Crippen molar-refractivity contribution in [2.24, 2.45) is 0 Å². The number of benzene rings is 1. The minimum Gasteiger partial charge on any atom is -0.378 e. The van der Waals surface area contributed by atoms with Crippen LogP contribution in [0.2, 0.25) is 0 Å². The zero-order valence-corrected chi connectivity index (χ0v) is 16.4. The zero-order chi connectivity index (χ0) is 19.0. The molecule has 142 valence electrons. The molecule has 1 aromatic carbocycles. The molecular formula is C20H23N3O3S.